The monoisotopic (exact) mass is 616 g/mol. The first-order valence-corrected chi connectivity index (χ1v) is 15.0. The van der Waals surface area contributed by atoms with Gasteiger partial charge in [0.15, 0.2) is 9.89 Å². The van der Waals surface area contributed by atoms with Crippen molar-refractivity contribution < 1.29 is 18.3 Å². The molecule has 0 saturated carbocycles. The van der Waals surface area contributed by atoms with Crippen molar-refractivity contribution >= 4 is 52.4 Å². The van der Waals surface area contributed by atoms with Crippen molar-refractivity contribution in [3.8, 4) is 0 Å². The molecule has 6 nitrogen and oxygen atoms in total. The molecule has 0 bridgehead atoms. The highest BCUT2D eigenvalue weighted by molar-refractivity contribution is 7.99. The van der Waals surface area contributed by atoms with E-state index in [1.807, 2.05) is 48.5 Å². The molecule has 0 unspecified atom stereocenters. The molecule has 3 aromatic carbocycles. The van der Waals surface area contributed by atoms with Crippen LogP contribution >= 0.6 is 34.7 Å². The number of nitrogens with zero attached hydrogens (tertiary/aromatic N) is 2. The fourth-order valence-corrected chi connectivity index (χ4v) is 6.50. The second-order valence-electron chi connectivity index (χ2n) is 9.20. The van der Waals surface area contributed by atoms with Crippen LogP contribution in [0.3, 0.4) is 0 Å². The molecule has 0 aliphatic carbocycles. The van der Waals surface area contributed by atoms with E-state index in [1.54, 1.807) is 43.3 Å². The van der Waals surface area contributed by atoms with Gasteiger partial charge in [-0.25, -0.2) is 14.2 Å². The van der Waals surface area contributed by atoms with Crippen molar-refractivity contribution in [2.45, 2.75) is 23.0 Å². The van der Waals surface area contributed by atoms with Crippen molar-refractivity contribution in [2.75, 3.05) is 6.61 Å². The van der Waals surface area contributed by atoms with E-state index in [-0.39, 0.29) is 17.7 Å². The van der Waals surface area contributed by atoms with Crippen LogP contribution in [0.4, 0.5) is 4.39 Å². The Labute approximate surface area is 253 Å². The van der Waals surface area contributed by atoms with E-state index in [0.29, 0.717) is 42.0 Å². The fourth-order valence-electron chi connectivity index (χ4n) is 4.62. The molecule has 0 N–H and O–H groups in total. The highest BCUT2D eigenvalue weighted by Gasteiger charge is 2.35. The van der Waals surface area contributed by atoms with Crippen LogP contribution in [0.15, 0.2) is 121 Å². The number of hydrogen-bond donors (Lipinski definition) is 0. The van der Waals surface area contributed by atoms with Crippen molar-refractivity contribution in [1.29, 1.82) is 0 Å². The maximum Gasteiger partial charge on any atom is 0.338 e. The van der Waals surface area contributed by atoms with E-state index in [4.69, 9.17) is 25.7 Å². The Hall–Kier alpha value is -4.18. The summed E-state index contributed by atoms with van der Waals surface area (Å²) in [5, 5.41) is 1.30. The van der Waals surface area contributed by atoms with E-state index >= 15 is 0 Å². The molecule has 1 aliphatic heterocycles. The normalized spacial score (nSPS) is 14.9. The number of carbonyl (C=O) groups is 1. The Kier molecular flexibility index (Phi) is 7.97. The fraction of sp³-hybridized carbons (Fsp3) is 0.0938. The molecule has 210 valence electrons. The first kappa shape index (κ1) is 28.0. The average molecular weight is 617 g/mol. The van der Waals surface area contributed by atoms with Crippen LogP contribution in [-0.4, -0.2) is 17.1 Å². The van der Waals surface area contributed by atoms with Gasteiger partial charge in [0, 0.05) is 21.6 Å². The molecule has 5 aromatic rings. The lowest BCUT2D eigenvalue weighted by atomic mass is 9.93. The molecular formula is C32H22ClFN2O4S2. The zero-order valence-electron chi connectivity index (χ0n) is 22.1. The Morgan fingerprint density at radius 3 is 2.52 bits per heavy atom. The highest BCUT2D eigenvalue weighted by Crippen LogP contribution is 2.35. The summed E-state index contributed by atoms with van der Waals surface area (Å²) in [5.41, 5.74) is 1.49. The maximum absolute atomic E-state index is 13.9. The van der Waals surface area contributed by atoms with E-state index in [1.165, 1.54) is 39.8 Å². The summed E-state index contributed by atoms with van der Waals surface area (Å²) in [6.07, 6.45) is 1.66. The number of aromatic nitrogens is 1. The zero-order valence-corrected chi connectivity index (χ0v) is 24.5. The maximum atomic E-state index is 13.9. The SMILES string of the molecule is CCOC(=O)C1=C(c2ccccc2)N=c2s/c(=C/c3ccc(Sc4ccc(Cl)cc4)o3)c(=O)n2[C@@H]1c1ccc(F)cc1. The van der Waals surface area contributed by atoms with E-state index in [0.717, 1.165) is 4.90 Å². The molecule has 6 rings (SSSR count). The minimum absolute atomic E-state index is 0.139. The van der Waals surface area contributed by atoms with Gasteiger partial charge in [0.05, 0.1) is 28.5 Å². The third-order valence-electron chi connectivity index (χ3n) is 6.47. The van der Waals surface area contributed by atoms with Gasteiger partial charge in [0.1, 0.15) is 11.6 Å². The number of halogens is 2. The molecule has 0 spiro atoms. The summed E-state index contributed by atoms with van der Waals surface area (Å²) < 4.78 is 27.2. The van der Waals surface area contributed by atoms with E-state index in [9.17, 15) is 14.0 Å². The number of fused-ring (bicyclic) bond motifs is 1. The van der Waals surface area contributed by atoms with Crippen LogP contribution in [0.25, 0.3) is 11.8 Å². The van der Waals surface area contributed by atoms with Crippen LogP contribution < -0.4 is 14.9 Å². The van der Waals surface area contributed by atoms with Crippen LogP contribution in [0.5, 0.6) is 0 Å². The molecule has 2 aromatic heterocycles. The number of thiazole rings is 1. The van der Waals surface area contributed by atoms with Crippen LogP contribution in [-0.2, 0) is 9.53 Å². The predicted octanol–water partition coefficient (Wildman–Crippen LogP) is 6.47. The number of carbonyl (C=O) groups excluding carboxylic acids is 1. The lowest BCUT2D eigenvalue weighted by Crippen LogP contribution is -2.40. The summed E-state index contributed by atoms with van der Waals surface area (Å²) in [4.78, 5) is 33.6. The van der Waals surface area contributed by atoms with E-state index in [2.05, 4.69) is 0 Å². The van der Waals surface area contributed by atoms with Gasteiger partial charge in [-0.05, 0) is 61.0 Å². The first-order chi connectivity index (χ1) is 20.4. The van der Waals surface area contributed by atoms with Crippen LogP contribution in [0, 0.1) is 5.82 Å². The highest BCUT2D eigenvalue weighted by atomic mass is 35.5. The zero-order chi connectivity index (χ0) is 29.2. The Bertz CT molecular complexity index is 1980. The number of furan rings is 1. The topological polar surface area (TPSA) is 73.8 Å². The molecule has 1 atom stereocenters. The number of ether oxygens (including phenoxy) is 1. The number of hydrogen-bond acceptors (Lipinski definition) is 7. The largest absolute Gasteiger partial charge is 0.463 e. The quantitative estimate of drug-likeness (QED) is 0.196. The third kappa shape index (κ3) is 5.63. The molecular weight excluding hydrogens is 595 g/mol. The Morgan fingerprint density at radius 1 is 1.07 bits per heavy atom. The molecule has 0 radical (unpaired) electrons. The van der Waals surface area contributed by atoms with Crippen LogP contribution in [0.2, 0.25) is 5.02 Å². The second kappa shape index (κ2) is 12.0. The number of benzene rings is 3. The predicted molar refractivity (Wildman–Crippen MR) is 162 cm³/mol. The smallest absolute Gasteiger partial charge is 0.338 e. The molecule has 0 fully saturated rings. The Morgan fingerprint density at radius 2 is 1.81 bits per heavy atom. The molecule has 1 aliphatic rings. The van der Waals surface area contributed by atoms with E-state index < -0.39 is 17.8 Å². The summed E-state index contributed by atoms with van der Waals surface area (Å²) in [7, 11) is 0. The minimum Gasteiger partial charge on any atom is -0.463 e. The summed E-state index contributed by atoms with van der Waals surface area (Å²) in [5.74, 6) is -0.539. The molecule has 0 saturated heterocycles. The third-order valence-corrected chi connectivity index (χ3v) is 8.63. The van der Waals surface area contributed by atoms with Crippen LogP contribution in [0.1, 0.15) is 29.9 Å². The standard InChI is InChI=1S/C32H22ClFN2O4S2/c1-2-39-31(38)27-28(19-6-4-3-5-7-19)35-32-36(29(27)20-8-12-22(34)13-9-20)30(37)25(42-32)18-23-14-17-26(40-23)41-24-15-10-21(33)11-16-24/h3-18,29H,2H2,1H3/b25-18+/t29-/m1/s1. The second-order valence-corrected chi connectivity index (χ2v) is 11.7. The van der Waals surface area contributed by atoms with Gasteiger partial charge in [0.2, 0.25) is 0 Å². The van der Waals surface area contributed by atoms with Gasteiger partial charge in [-0.2, -0.15) is 0 Å². The van der Waals surface area contributed by atoms with Gasteiger partial charge >= 0.3 is 5.97 Å². The average Bonchev–Trinajstić information content (AvgIpc) is 3.57. The number of esters is 1. The molecule has 0 amide bonds. The first-order valence-electron chi connectivity index (χ1n) is 13.0. The Balaban J connectivity index is 1.50. The lowest BCUT2D eigenvalue weighted by Gasteiger charge is -2.25. The van der Waals surface area contributed by atoms with Gasteiger partial charge in [-0.1, -0.05) is 77.2 Å². The van der Waals surface area contributed by atoms with Gasteiger partial charge in [-0.3, -0.25) is 9.36 Å². The summed E-state index contributed by atoms with van der Waals surface area (Å²) in [6.45, 7) is 1.85. The van der Waals surface area contributed by atoms with Gasteiger partial charge < -0.3 is 9.15 Å². The molecule has 3 heterocycles. The minimum atomic E-state index is -0.883. The van der Waals surface area contributed by atoms with Crippen molar-refractivity contribution in [2.24, 2.45) is 4.99 Å². The van der Waals surface area contributed by atoms with Crippen molar-refractivity contribution in [3.05, 3.63) is 144 Å². The van der Waals surface area contributed by atoms with Crippen molar-refractivity contribution in [1.82, 2.24) is 4.57 Å². The summed E-state index contributed by atoms with van der Waals surface area (Å²) >= 11 is 8.60. The van der Waals surface area contributed by atoms with Gasteiger partial charge in [-0.15, -0.1) is 0 Å². The number of rotatable bonds is 7. The molecule has 10 heteroatoms. The van der Waals surface area contributed by atoms with Crippen molar-refractivity contribution in [3.63, 3.8) is 0 Å². The van der Waals surface area contributed by atoms with Gasteiger partial charge in [0.25, 0.3) is 5.56 Å². The lowest BCUT2D eigenvalue weighted by molar-refractivity contribution is -0.138. The summed E-state index contributed by atoms with van der Waals surface area (Å²) in [6, 6.07) is 25.1. The molecule has 42 heavy (non-hydrogen) atoms.